The van der Waals surface area contributed by atoms with E-state index in [0.29, 0.717) is 44.4 Å². The molecule has 0 N–H and O–H groups in total. The van der Waals surface area contributed by atoms with Crippen molar-refractivity contribution in [2.45, 2.75) is 24.3 Å². The highest BCUT2D eigenvalue weighted by atomic mass is 35.5. The van der Waals surface area contributed by atoms with Crippen molar-refractivity contribution in [3.8, 4) is 0 Å². The van der Waals surface area contributed by atoms with E-state index >= 15 is 0 Å². The van der Waals surface area contributed by atoms with E-state index in [9.17, 15) is 13.2 Å². The van der Waals surface area contributed by atoms with Gasteiger partial charge in [-0.15, -0.1) is 0 Å². The fourth-order valence-corrected chi connectivity index (χ4v) is 5.32. The number of hydrogen-bond donors (Lipinski definition) is 0. The Morgan fingerprint density at radius 3 is 2.52 bits per heavy atom. The fourth-order valence-electron chi connectivity index (χ4n) is 3.62. The molecule has 2 fully saturated rings. The van der Waals surface area contributed by atoms with E-state index in [-0.39, 0.29) is 16.8 Å². The Kier molecular flexibility index (Phi) is 6.43. The van der Waals surface area contributed by atoms with Crippen molar-refractivity contribution in [2.24, 2.45) is 0 Å². The van der Waals surface area contributed by atoms with Crippen LogP contribution in [0.5, 0.6) is 0 Å². The summed E-state index contributed by atoms with van der Waals surface area (Å²) in [6.07, 6.45) is 0.781. The highest BCUT2D eigenvalue weighted by molar-refractivity contribution is 7.89. The molecule has 9 heteroatoms. The average molecular weight is 416 g/mol. The van der Waals surface area contributed by atoms with Crippen molar-refractivity contribution in [2.75, 3.05) is 53.0 Å². The van der Waals surface area contributed by atoms with Gasteiger partial charge in [-0.2, -0.15) is 4.31 Å². The van der Waals surface area contributed by atoms with Gasteiger partial charge in [0.2, 0.25) is 15.9 Å². The Morgan fingerprint density at radius 1 is 1.19 bits per heavy atom. The van der Waals surface area contributed by atoms with Crippen LogP contribution < -0.4 is 0 Å². The standard InChI is InChI=1S/C18H26ClN3O4S/c1-14-3-4-15(13-16(14)19)27(24,25)22-9-7-20(8-10-22)17-5-6-21(18(17)23)11-12-26-2/h3-4,13,17H,5-12H2,1-2H3. The van der Waals surface area contributed by atoms with Gasteiger partial charge in [-0.05, 0) is 31.0 Å². The summed E-state index contributed by atoms with van der Waals surface area (Å²) in [5, 5.41) is 0.447. The van der Waals surface area contributed by atoms with E-state index in [1.807, 2.05) is 11.8 Å². The second kappa shape index (κ2) is 8.45. The molecule has 0 spiro atoms. The zero-order valence-electron chi connectivity index (χ0n) is 15.7. The first kappa shape index (κ1) is 20.5. The quantitative estimate of drug-likeness (QED) is 0.698. The predicted molar refractivity (Wildman–Crippen MR) is 103 cm³/mol. The molecule has 1 aromatic carbocycles. The lowest BCUT2D eigenvalue weighted by Crippen LogP contribution is -2.53. The van der Waals surface area contributed by atoms with Gasteiger partial charge in [-0.25, -0.2) is 8.42 Å². The summed E-state index contributed by atoms with van der Waals surface area (Å²) in [5.74, 6) is 0.119. The van der Waals surface area contributed by atoms with E-state index in [0.717, 1.165) is 18.5 Å². The molecular weight excluding hydrogens is 390 g/mol. The second-order valence-electron chi connectivity index (χ2n) is 6.97. The lowest BCUT2D eigenvalue weighted by Gasteiger charge is -2.36. The SMILES string of the molecule is COCCN1CCC(N2CCN(S(=O)(=O)c3ccc(C)c(Cl)c3)CC2)C1=O. The van der Waals surface area contributed by atoms with Gasteiger partial charge in [0, 0.05) is 51.4 Å². The average Bonchev–Trinajstić information content (AvgIpc) is 3.02. The van der Waals surface area contributed by atoms with Gasteiger partial charge in [0.05, 0.1) is 17.5 Å². The maximum absolute atomic E-state index is 12.9. The summed E-state index contributed by atoms with van der Waals surface area (Å²) in [7, 11) is -1.95. The van der Waals surface area contributed by atoms with Crippen molar-refractivity contribution in [1.82, 2.24) is 14.1 Å². The number of aryl methyl sites for hydroxylation is 1. The molecule has 0 bridgehead atoms. The van der Waals surface area contributed by atoms with Crippen LogP contribution in [0.2, 0.25) is 5.02 Å². The number of amides is 1. The van der Waals surface area contributed by atoms with Gasteiger partial charge >= 0.3 is 0 Å². The largest absolute Gasteiger partial charge is 0.383 e. The van der Waals surface area contributed by atoms with Crippen LogP contribution in [0.25, 0.3) is 0 Å². The molecule has 0 aliphatic carbocycles. The molecule has 150 valence electrons. The molecule has 1 atom stereocenters. The number of sulfonamides is 1. The topological polar surface area (TPSA) is 70.2 Å². The normalized spacial score (nSPS) is 22.6. The summed E-state index contributed by atoms with van der Waals surface area (Å²) in [4.78, 5) is 16.7. The molecule has 2 heterocycles. The lowest BCUT2D eigenvalue weighted by atomic mass is 10.2. The minimum atomic E-state index is -3.57. The summed E-state index contributed by atoms with van der Waals surface area (Å²) < 4.78 is 32.3. The third-order valence-corrected chi connectivity index (χ3v) is 7.63. The highest BCUT2D eigenvalue weighted by Gasteiger charge is 2.38. The predicted octanol–water partition coefficient (Wildman–Crippen LogP) is 1.20. The van der Waals surface area contributed by atoms with E-state index in [1.54, 1.807) is 19.2 Å². The van der Waals surface area contributed by atoms with E-state index in [2.05, 4.69) is 4.90 Å². The number of piperazine rings is 1. The monoisotopic (exact) mass is 415 g/mol. The van der Waals surface area contributed by atoms with Crippen LogP contribution in [0.3, 0.4) is 0 Å². The summed E-state index contributed by atoms with van der Waals surface area (Å²) in [6.45, 7) is 5.54. The molecule has 2 aliphatic heterocycles. The molecule has 1 amide bonds. The van der Waals surface area contributed by atoms with Crippen molar-refractivity contribution >= 4 is 27.5 Å². The van der Waals surface area contributed by atoms with Crippen molar-refractivity contribution < 1.29 is 17.9 Å². The number of benzene rings is 1. The maximum Gasteiger partial charge on any atom is 0.243 e. The Labute approximate surface area is 165 Å². The molecule has 0 saturated carbocycles. The Bertz CT molecular complexity index is 794. The first-order valence-corrected chi connectivity index (χ1v) is 10.9. The van der Waals surface area contributed by atoms with Gasteiger partial charge in [0.15, 0.2) is 0 Å². The number of hydrogen-bond acceptors (Lipinski definition) is 5. The van der Waals surface area contributed by atoms with Crippen LogP contribution in [0.1, 0.15) is 12.0 Å². The number of methoxy groups -OCH3 is 1. The third-order valence-electron chi connectivity index (χ3n) is 5.33. The van der Waals surface area contributed by atoms with Crippen LogP contribution in [-0.2, 0) is 19.6 Å². The molecule has 2 saturated heterocycles. The van der Waals surface area contributed by atoms with Crippen LogP contribution in [0.15, 0.2) is 23.1 Å². The fraction of sp³-hybridized carbons (Fsp3) is 0.611. The minimum absolute atomic E-state index is 0.119. The smallest absolute Gasteiger partial charge is 0.243 e. The van der Waals surface area contributed by atoms with Gasteiger partial charge in [-0.3, -0.25) is 9.69 Å². The Morgan fingerprint density at radius 2 is 1.89 bits per heavy atom. The van der Waals surface area contributed by atoms with Crippen LogP contribution in [0.4, 0.5) is 0 Å². The van der Waals surface area contributed by atoms with Gasteiger partial charge in [-0.1, -0.05) is 17.7 Å². The Hall–Kier alpha value is -1.19. The number of carbonyl (C=O) groups excluding carboxylic acids is 1. The number of nitrogens with zero attached hydrogens (tertiary/aromatic N) is 3. The third kappa shape index (κ3) is 4.30. The first-order chi connectivity index (χ1) is 12.8. The molecule has 7 nitrogen and oxygen atoms in total. The van der Waals surface area contributed by atoms with E-state index in [1.165, 1.54) is 10.4 Å². The molecule has 3 rings (SSSR count). The van der Waals surface area contributed by atoms with Crippen LogP contribution >= 0.6 is 11.6 Å². The molecular formula is C18H26ClN3O4S. The number of ether oxygens (including phenoxy) is 1. The number of carbonyl (C=O) groups is 1. The maximum atomic E-state index is 12.9. The zero-order chi connectivity index (χ0) is 19.6. The molecule has 0 radical (unpaired) electrons. The van der Waals surface area contributed by atoms with Crippen molar-refractivity contribution in [3.05, 3.63) is 28.8 Å². The molecule has 27 heavy (non-hydrogen) atoms. The van der Waals surface area contributed by atoms with Gasteiger partial charge < -0.3 is 9.64 Å². The number of likely N-dealkylation sites (tertiary alicyclic amines) is 1. The second-order valence-corrected chi connectivity index (χ2v) is 9.32. The summed E-state index contributed by atoms with van der Waals surface area (Å²) >= 11 is 6.09. The molecule has 1 aromatic rings. The first-order valence-electron chi connectivity index (χ1n) is 9.12. The van der Waals surface area contributed by atoms with Gasteiger partial charge in [0.25, 0.3) is 0 Å². The minimum Gasteiger partial charge on any atom is -0.383 e. The number of rotatable bonds is 6. The summed E-state index contributed by atoms with van der Waals surface area (Å²) in [5.41, 5.74) is 0.846. The Balaban J connectivity index is 1.62. The van der Waals surface area contributed by atoms with E-state index in [4.69, 9.17) is 16.3 Å². The lowest BCUT2D eigenvalue weighted by molar-refractivity contribution is -0.133. The highest BCUT2D eigenvalue weighted by Crippen LogP contribution is 2.25. The van der Waals surface area contributed by atoms with E-state index < -0.39 is 10.0 Å². The van der Waals surface area contributed by atoms with Crippen molar-refractivity contribution in [1.29, 1.82) is 0 Å². The van der Waals surface area contributed by atoms with Crippen LogP contribution in [0, 0.1) is 6.92 Å². The number of halogens is 1. The molecule has 1 unspecified atom stereocenters. The van der Waals surface area contributed by atoms with Crippen molar-refractivity contribution in [3.63, 3.8) is 0 Å². The summed E-state index contributed by atoms with van der Waals surface area (Å²) in [6, 6.07) is 4.67. The van der Waals surface area contributed by atoms with Gasteiger partial charge in [0.1, 0.15) is 0 Å². The molecule has 0 aromatic heterocycles. The molecule has 2 aliphatic rings. The zero-order valence-corrected chi connectivity index (χ0v) is 17.3. The van der Waals surface area contributed by atoms with Crippen LogP contribution in [-0.4, -0.2) is 87.5 Å².